The van der Waals surface area contributed by atoms with Crippen LogP contribution < -0.4 is 10.1 Å². The van der Waals surface area contributed by atoms with E-state index in [1.54, 1.807) is 12.3 Å². The van der Waals surface area contributed by atoms with Crippen LogP contribution in [0.15, 0.2) is 41.0 Å². The first-order chi connectivity index (χ1) is 9.65. The molecule has 0 aliphatic carbocycles. The highest BCUT2D eigenvalue weighted by atomic mass is 79.9. The molecule has 3 nitrogen and oxygen atoms in total. The van der Waals surface area contributed by atoms with Crippen molar-refractivity contribution in [3.8, 4) is 5.75 Å². The highest BCUT2D eigenvalue weighted by molar-refractivity contribution is 9.10. The van der Waals surface area contributed by atoms with Crippen molar-refractivity contribution in [1.82, 2.24) is 10.3 Å². The molecular weight excluding hydrogens is 323 g/mol. The van der Waals surface area contributed by atoms with Crippen molar-refractivity contribution in [2.75, 3.05) is 14.2 Å². The monoisotopic (exact) mass is 338 g/mol. The van der Waals surface area contributed by atoms with Crippen LogP contribution in [0, 0.1) is 5.82 Å². The number of likely N-dealkylation sites (N-methyl/N-ethyl adjacent to an activating group) is 1. The van der Waals surface area contributed by atoms with Crippen molar-refractivity contribution in [2.24, 2.45) is 0 Å². The molecule has 1 atom stereocenters. The Morgan fingerprint density at radius 1 is 1.40 bits per heavy atom. The number of rotatable bonds is 5. The Balaban J connectivity index is 2.23. The van der Waals surface area contributed by atoms with Crippen LogP contribution in [0.1, 0.15) is 17.3 Å². The molecule has 106 valence electrons. The molecule has 0 fully saturated rings. The number of halogens is 2. The number of methoxy groups -OCH3 is 1. The molecule has 2 rings (SSSR count). The van der Waals surface area contributed by atoms with E-state index in [0.29, 0.717) is 6.42 Å². The van der Waals surface area contributed by atoms with Gasteiger partial charge in [-0.2, -0.15) is 0 Å². The van der Waals surface area contributed by atoms with Crippen molar-refractivity contribution < 1.29 is 9.13 Å². The van der Waals surface area contributed by atoms with Crippen LogP contribution in [0.4, 0.5) is 4.39 Å². The van der Waals surface area contributed by atoms with Crippen molar-refractivity contribution in [3.63, 3.8) is 0 Å². The van der Waals surface area contributed by atoms with E-state index in [-0.39, 0.29) is 17.6 Å². The minimum absolute atomic E-state index is 0.0124. The van der Waals surface area contributed by atoms with E-state index in [2.05, 4.69) is 26.2 Å². The van der Waals surface area contributed by atoms with E-state index in [0.717, 1.165) is 15.7 Å². The summed E-state index contributed by atoms with van der Waals surface area (Å²) in [6.45, 7) is 0. The van der Waals surface area contributed by atoms with Gasteiger partial charge in [0.2, 0.25) is 0 Å². The van der Waals surface area contributed by atoms with E-state index < -0.39 is 0 Å². The molecular formula is C15H16BrFN2O. The van der Waals surface area contributed by atoms with Crippen molar-refractivity contribution in [1.29, 1.82) is 0 Å². The summed E-state index contributed by atoms with van der Waals surface area (Å²) in [5.41, 5.74) is 1.80. The van der Waals surface area contributed by atoms with Gasteiger partial charge < -0.3 is 10.1 Å². The fourth-order valence-corrected chi connectivity index (χ4v) is 2.59. The fourth-order valence-electron chi connectivity index (χ4n) is 2.06. The lowest BCUT2D eigenvalue weighted by atomic mass is 10.0. The quantitative estimate of drug-likeness (QED) is 0.905. The second-order valence-corrected chi connectivity index (χ2v) is 5.24. The molecule has 0 aliphatic heterocycles. The lowest BCUT2D eigenvalue weighted by molar-refractivity contribution is 0.386. The summed E-state index contributed by atoms with van der Waals surface area (Å²) in [6.07, 6.45) is 2.39. The number of hydrogen-bond acceptors (Lipinski definition) is 3. The number of pyridine rings is 1. The van der Waals surface area contributed by atoms with E-state index in [1.807, 2.05) is 25.2 Å². The van der Waals surface area contributed by atoms with Crippen molar-refractivity contribution in [3.05, 3.63) is 58.1 Å². The SMILES string of the molecule is CNC(Cc1ccc(OC)c(F)c1)c1ncccc1Br. The lowest BCUT2D eigenvalue weighted by Gasteiger charge is -2.17. The van der Waals surface area contributed by atoms with Crippen LogP contribution in [0.5, 0.6) is 5.75 Å². The average molecular weight is 339 g/mol. The normalized spacial score (nSPS) is 12.2. The summed E-state index contributed by atoms with van der Waals surface area (Å²) in [4.78, 5) is 4.37. The molecule has 0 bridgehead atoms. The van der Waals surface area contributed by atoms with Crippen LogP contribution in [-0.2, 0) is 6.42 Å². The van der Waals surface area contributed by atoms with E-state index in [4.69, 9.17) is 4.74 Å². The summed E-state index contributed by atoms with van der Waals surface area (Å²) in [7, 11) is 3.32. The van der Waals surface area contributed by atoms with Crippen LogP contribution in [0.2, 0.25) is 0 Å². The maximum Gasteiger partial charge on any atom is 0.165 e. The zero-order valence-electron chi connectivity index (χ0n) is 11.4. The number of ether oxygens (including phenoxy) is 1. The summed E-state index contributed by atoms with van der Waals surface area (Å²) in [5.74, 6) is -0.0892. The molecule has 0 saturated carbocycles. The van der Waals surface area contributed by atoms with Crippen LogP contribution >= 0.6 is 15.9 Å². The molecule has 5 heteroatoms. The molecule has 1 aromatic heterocycles. The van der Waals surface area contributed by atoms with E-state index >= 15 is 0 Å². The molecule has 0 spiro atoms. The molecule has 1 aromatic carbocycles. The molecule has 0 radical (unpaired) electrons. The first-order valence-electron chi connectivity index (χ1n) is 6.25. The molecule has 0 saturated heterocycles. The topological polar surface area (TPSA) is 34.1 Å². The van der Waals surface area contributed by atoms with Gasteiger partial charge in [-0.1, -0.05) is 6.07 Å². The number of aromatic nitrogens is 1. The molecule has 1 N–H and O–H groups in total. The molecule has 1 heterocycles. The highest BCUT2D eigenvalue weighted by Crippen LogP contribution is 2.25. The van der Waals surface area contributed by atoms with Gasteiger partial charge in [-0.3, -0.25) is 4.98 Å². The molecule has 2 aromatic rings. The minimum atomic E-state index is -0.347. The predicted molar refractivity (Wildman–Crippen MR) is 80.4 cm³/mol. The number of nitrogens with zero attached hydrogens (tertiary/aromatic N) is 1. The number of benzene rings is 1. The third-order valence-corrected chi connectivity index (χ3v) is 3.79. The number of nitrogens with one attached hydrogen (secondary N) is 1. The van der Waals surface area contributed by atoms with Gasteiger partial charge in [0.15, 0.2) is 11.6 Å². The molecule has 1 unspecified atom stereocenters. The molecule has 20 heavy (non-hydrogen) atoms. The van der Waals surface area contributed by atoms with Gasteiger partial charge in [0.1, 0.15) is 0 Å². The third-order valence-electron chi connectivity index (χ3n) is 3.12. The largest absolute Gasteiger partial charge is 0.494 e. The van der Waals surface area contributed by atoms with Gasteiger partial charge in [-0.15, -0.1) is 0 Å². The fraction of sp³-hybridized carbons (Fsp3) is 0.267. The third kappa shape index (κ3) is 3.35. The maximum absolute atomic E-state index is 13.7. The summed E-state index contributed by atoms with van der Waals surface area (Å²) >= 11 is 3.49. The Morgan fingerprint density at radius 2 is 2.20 bits per heavy atom. The van der Waals surface area contributed by atoms with Crippen LogP contribution in [0.3, 0.4) is 0 Å². The van der Waals surface area contributed by atoms with Crippen molar-refractivity contribution in [2.45, 2.75) is 12.5 Å². The van der Waals surface area contributed by atoms with Crippen molar-refractivity contribution >= 4 is 15.9 Å². The first kappa shape index (κ1) is 14.9. The van der Waals surface area contributed by atoms with Gasteiger partial charge in [0, 0.05) is 10.7 Å². The second kappa shape index (κ2) is 6.81. The number of hydrogen-bond donors (Lipinski definition) is 1. The Labute approximate surface area is 126 Å². The molecule has 0 amide bonds. The van der Waals surface area contributed by atoms with Gasteiger partial charge in [-0.05, 0) is 59.2 Å². The smallest absolute Gasteiger partial charge is 0.165 e. The van der Waals surface area contributed by atoms with Crippen LogP contribution in [-0.4, -0.2) is 19.1 Å². The summed E-state index contributed by atoms with van der Waals surface area (Å²) in [6, 6.07) is 8.83. The van der Waals surface area contributed by atoms with Gasteiger partial charge in [-0.25, -0.2) is 4.39 Å². The second-order valence-electron chi connectivity index (χ2n) is 4.38. The predicted octanol–water partition coefficient (Wildman–Crippen LogP) is 3.50. The van der Waals surface area contributed by atoms with E-state index in [1.165, 1.54) is 13.2 Å². The van der Waals surface area contributed by atoms with Gasteiger partial charge >= 0.3 is 0 Å². The van der Waals surface area contributed by atoms with Crippen LogP contribution in [0.25, 0.3) is 0 Å². The zero-order valence-corrected chi connectivity index (χ0v) is 12.9. The zero-order chi connectivity index (χ0) is 14.5. The first-order valence-corrected chi connectivity index (χ1v) is 7.05. The van der Waals surface area contributed by atoms with Gasteiger partial charge in [0.05, 0.1) is 18.8 Å². The molecule has 0 aliphatic rings. The lowest BCUT2D eigenvalue weighted by Crippen LogP contribution is -2.20. The maximum atomic E-state index is 13.7. The Kier molecular flexibility index (Phi) is 5.09. The minimum Gasteiger partial charge on any atom is -0.494 e. The van der Waals surface area contributed by atoms with Gasteiger partial charge in [0.25, 0.3) is 0 Å². The highest BCUT2D eigenvalue weighted by Gasteiger charge is 2.15. The standard InChI is InChI=1S/C15H16BrFN2O/c1-18-13(15-11(16)4-3-7-19-15)9-10-5-6-14(20-2)12(17)8-10/h3-8,13,18H,9H2,1-2H3. The summed E-state index contributed by atoms with van der Waals surface area (Å²) < 4.78 is 19.6. The summed E-state index contributed by atoms with van der Waals surface area (Å²) in [5, 5.41) is 3.21. The Bertz CT molecular complexity index is 592. The van der Waals surface area contributed by atoms with E-state index in [9.17, 15) is 4.39 Å². The average Bonchev–Trinajstić information content (AvgIpc) is 2.46. The Morgan fingerprint density at radius 3 is 2.80 bits per heavy atom. The Hall–Kier alpha value is -1.46.